The zero-order chi connectivity index (χ0) is 13.5. The van der Waals surface area contributed by atoms with Crippen LogP contribution in [0.3, 0.4) is 0 Å². The molecule has 0 bridgehead atoms. The van der Waals surface area contributed by atoms with Crippen LogP contribution in [-0.4, -0.2) is 17.3 Å². The van der Waals surface area contributed by atoms with E-state index in [0.717, 1.165) is 0 Å². The van der Waals surface area contributed by atoms with E-state index in [9.17, 15) is 9.18 Å². The van der Waals surface area contributed by atoms with E-state index < -0.39 is 5.82 Å². The third kappa shape index (κ3) is 3.54. The Balaban J connectivity index is 3.02. The van der Waals surface area contributed by atoms with Gasteiger partial charge in [0.2, 0.25) is 5.91 Å². The average Bonchev–Trinajstić information content (AvgIpc) is 2.39. The highest BCUT2D eigenvalue weighted by molar-refractivity contribution is 9.10. The third-order valence-electron chi connectivity index (χ3n) is 2.48. The van der Waals surface area contributed by atoms with E-state index in [2.05, 4.69) is 15.9 Å². The summed E-state index contributed by atoms with van der Waals surface area (Å²) in [5, 5.41) is 8.62. The summed E-state index contributed by atoms with van der Waals surface area (Å²) in [4.78, 5) is 13.1. The zero-order valence-electron chi connectivity index (χ0n) is 10.1. The molecule has 1 rings (SSSR count). The van der Waals surface area contributed by atoms with E-state index >= 15 is 0 Å². The Morgan fingerprint density at radius 3 is 2.78 bits per heavy atom. The quantitative estimate of drug-likeness (QED) is 0.783. The average molecular weight is 313 g/mol. The molecular formula is C13H14BrFN2O. The Hall–Kier alpha value is -1.41. The van der Waals surface area contributed by atoms with Gasteiger partial charge in [-0.25, -0.2) is 4.39 Å². The molecule has 0 aliphatic rings. The summed E-state index contributed by atoms with van der Waals surface area (Å²) in [6, 6.07) is 8.05. The van der Waals surface area contributed by atoms with Crippen molar-refractivity contribution in [3.63, 3.8) is 0 Å². The number of hydrogen-bond donors (Lipinski definition) is 0. The Morgan fingerprint density at radius 2 is 2.22 bits per heavy atom. The fourth-order valence-corrected chi connectivity index (χ4v) is 1.77. The Morgan fingerprint density at radius 1 is 1.56 bits per heavy atom. The number of carbonyl (C=O) groups is 1. The molecule has 0 aliphatic heterocycles. The van der Waals surface area contributed by atoms with E-state index in [4.69, 9.17) is 5.26 Å². The summed E-state index contributed by atoms with van der Waals surface area (Å²) in [5.74, 6) is -0.683. The molecule has 0 heterocycles. The van der Waals surface area contributed by atoms with Gasteiger partial charge in [-0.1, -0.05) is 35.0 Å². The third-order valence-corrected chi connectivity index (χ3v) is 3.52. The number of alkyl halides is 1. The van der Waals surface area contributed by atoms with Crippen molar-refractivity contribution < 1.29 is 9.18 Å². The lowest BCUT2D eigenvalue weighted by Gasteiger charge is -2.24. The first kappa shape index (κ1) is 14.7. The van der Waals surface area contributed by atoms with Gasteiger partial charge in [0, 0.05) is 6.54 Å². The van der Waals surface area contributed by atoms with Crippen LogP contribution < -0.4 is 4.90 Å². The van der Waals surface area contributed by atoms with Crippen molar-refractivity contribution in [2.45, 2.75) is 24.6 Å². The van der Waals surface area contributed by atoms with Gasteiger partial charge in [0.1, 0.15) is 5.82 Å². The second-order valence-corrected chi connectivity index (χ2v) is 4.83. The largest absolute Gasteiger partial charge is 0.308 e. The number of nitriles is 1. The predicted octanol–water partition coefficient (Wildman–Crippen LogP) is 3.25. The highest BCUT2D eigenvalue weighted by atomic mass is 79.9. The van der Waals surface area contributed by atoms with Crippen molar-refractivity contribution in [2.24, 2.45) is 0 Å². The van der Waals surface area contributed by atoms with Crippen molar-refractivity contribution in [2.75, 3.05) is 11.4 Å². The number of amides is 1. The number of halogens is 2. The normalized spacial score (nSPS) is 11.7. The van der Waals surface area contributed by atoms with Crippen molar-refractivity contribution in [3.05, 3.63) is 30.1 Å². The van der Waals surface area contributed by atoms with Crippen LogP contribution in [0.2, 0.25) is 0 Å². The van der Waals surface area contributed by atoms with Crippen LogP contribution in [0, 0.1) is 17.1 Å². The molecule has 1 atom stereocenters. The minimum Gasteiger partial charge on any atom is -0.308 e. The highest BCUT2D eigenvalue weighted by Crippen LogP contribution is 2.22. The number of anilines is 1. The number of nitrogens with zero attached hydrogens (tertiary/aromatic N) is 2. The van der Waals surface area contributed by atoms with Gasteiger partial charge in [-0.2, -0.15) is 5.26 Å². The van der Waals surface area contributed by atoms with Crippen LogP contribution in [0.4, 0.5) is 10.1 Å². The molecule has 1 unspecified atom stereocenters. The molecule has 3 nitrogen and oxygen atoms in total. The molecular weight excluding hydrogens is 299 g/mol. The van der Waals surface area contributed by atoms with Crippen molar-refractivity contribution in [3.8, 4) is 6.07 Å². The molecule has 0 N–H and O–H groups in total. The van der Waals surface area contributed by atoms with E-state index in [1.807, 2.05) is 13.0 Å². The van der Waals surface area contributed by atoms with E-state index in [1.54, 1.807) is 18.2 Å². The summed E-state index contributed by atoms with van der Waals surface area (Å²) >= 11 is 3.26. The molecule has 1 aromatic carbocycles. The van der Waals surface area contributed by atoms with Gasteiger partial charge in [-0.3, -0.25) is 4.79 Å². The summed E-state index contributed by atoms with van der Waals surface area (Å²) in [6.45, 7) is 2.06. The molecule has 0 saturated heterocycles. The van der Waals surface area contributed by atoms with E-state index in [0.29, 0.717) is 6.42 Å². The molecule has 0 radical (unpaired) electrons. The van der Waals surface area contributed by atoms with Gasteiger partial charge in [0.05, 0.1) is 23.0 Å². The molecule has 1 aromatic rings. The molecule has 96 valence electrons. The first-order valence-corrected chi connectivity index (χ1v) is 6.60. The lowest BCUT2D eigenvalue weighted by atomic mass is 10.2. The molecule has 0 fully saturated rings. The van der Waals surface area contributed by atoms with Crippen LogP contribution >= 0.6 is 15.9 Å². The van der Waals surface area contributed by atoms with E-state index in [1.165, 1.54) is 11.0 Å². The molecule has 0 aromatic heterocycles. The van der Waals surface area contributed by atoms with Crippen molar-refractivity contribution >= 4 is 27.5 Å². The second-order valence-electron chi connectivity index (χ2n) is 3.73. The Kier molecular flexibility index (Phi) is 5.79. The van der Waals surface area contributed by atoms with Gasteiger partial charge in [-0.15, -0.1) is 0 Å². The first-order chi connectivity index (χ1) is 8.61. The van der Waals surface area contributed by atoms with Gasteiger partial charge in [0.25, 0.3) is 0 Å². The zero-order valence-corrected chi connectivity index (χ0v) is 11.7. The number of benzene rings is 1. The lowest BCUT2D eigenvalue weighted by molar-refractivity contribution is -0.118. The summed E-state index contributed by atoms with van der Waals surface area (Å²) in [6.07, 6.45) is 0.778. The van der Waals surface area contributed by atoms with E-state index in [-0.39, 0.29) is 29.4 Å². The monoisotopic (exact) mass is 312 g/mol. The number of carbonyl (C=O) groups excluding carboxylic acids is 1. The smallest absolute Gasteiger partial charge is 0.240 e. The standard InChI is InChI=1S/C13H14BrFN2O/c1-2-10(14)13(18)17(9-5-8-16)12-7-4-3-6-11(12)15/h3-4,6-7,10H,2,5,9H2,1H3. The minimum atomic E-state index is -0.459. The molecule has 5 heteroatoms. The van der Waals surface area contributed by atoms with Gasteiger partial charge in [0.15, 0.2) is 0 Å². The van der Waals surface area contributed by atoms with Gasteiger partial charge in [-0.05, 0) is 18.6 Å². The first-order valence-electron chi connectivity index (χ1n) is 5.68. The SMILES string of the molecule is CCC(Br)C(=O)N(CCC#N)c1ccccc1F. The maximum absolute atomic E-state index is 13.7. The van der Waals surface area contributed by atoms with Gasteiger partial charge >= 0.3 is 0 Å². The summed E-state index contributed by atoms with van der Waals surface area (Å²) < 4.78 is 13.7. The van der Waals surface area contributed by atoms with Gasteiger partial charge < -0.3 is 4.90 Å². The minimum absolute atomic E-state index is 0.170. The van der Waals surface area contributed by atoms with Crippen LogP contribution in [0.25, 0.3) is 0 Å². The number of para-hydroxylation sites is 1. The fourth-order valence-electron chi connectivity index (χ4n) is 1.53. The maximum atomic E-state index is 13.7. The predicted molar refractivity (Wildman–Crippen MR) is 72.0 cm³/mol. The molecule has 1 amide bonds. The molecule has 0 aliphatic carbocycles. The maximum Gasteiger partial charge on any atom is 0.240 e. The van der Waals surface area contributed by atoms with Crippen LogP contribution in [0.15, 0.2) is 24.3 Å². The summed E-state index contributed by atoms with van der Waals surface area (Å²) in [7, 11) is 0. The topological polar surface area (TPSA) is 44.1 Å². The Labute approximate surface area is 114 Å². The number of rotatable bonds is 5. The van der Waals surface area contributed by atoms with Crippen LogP contribution in [0.5, 0.6) is 0 Å². The highest BCUT2D eigenvalue weighted by Gasteiger charge is 2.23. The summed E-state index contributed by atoms with van der Waals surface area (Å²) in [5.41, 5.74) is 0.218. The Bertz CT molecular complexity index is 459. The number of hydrogen-bond acceptors (Lipinski definition) is 2. The lowest BCUT2D eigenvalue weighted by Crippen LogP contribution is -2.37. The van der Waals surface area contributed by atoms with Crippen molar-refractivity contribution in [1.82, 2.24) is 0 Å². The molecule has 18 heavy (non-hydrogen) atoms. The van der Waals surface area contributed by atoms with Crippen LogP contribution in [-0.2, 0) is 4.79 Å². The molecule has 0 saturated carbocycles. The van der Waals surface area contributed by atoms with Crippen molar-refractivity contribution in [1.29, 1.82) is 5.26 Å². The fraction of sp³-hybridized carbons (Fsp3) is 0.385. The second kappa shape index (κ2) is 7.12. The molecule has 0 spiro atoms. The van der Waals surface area contributed by atoms with Crippen LogP contribution in [0.1, 0.15) is 19.8 Å².